The highest BCUT2D eigenvalue weighted by atomic mass is 16.3. The van der Waals surface area contributed by atoms with E-state index in [2.05, 4.69) is 23.7 Å². The van der Waals surface area contributed by atoms with Gasteiger partial charge in [0.15, 0.2) is 11.5 Å². The number of likely N-dealkylation sites (tertiary alicyclic amines) is 2. The number of rotatable bonds is 5. The number of carbonyl (C=O) groups excluding carboxylic acids is 2. The minimum atomic E-state index is -0.283. The van der Waals surface area contributed by atoms with Gasteiger partial charge >= 0.3 is 0 Å². The number of hydrogen-bond acceptors (Lipinski definition) is 5. The van der Waals surface area contributed by atoms with E-state index >= 15 is 0 Å². The van der Waals surface area contributed by atoms with E-state index in [4.69, 9.17) is 4.42 Å². The number of oxazole rings is 1. The van der Waals surface area contributed by atoms with E-state index in [1.807, 2.05) is 24.3 Å². The number of nitrogens with zero attached hydrogens (tertiary/aromatic N) is 3. The van der Waals surface area contributed by atoms with Crippen LogP contribution in [0.1, 0.15) is 51.3 Å². The minimum absolute atomic E-state index is 0.0130. The third kappa shape index (κ3) is 3.63. The molecule has 0 spiro atoms. The second kappa shape index (κ2) is 7.43. The quantitative estimate of drug-likeness (QED) is 0.757. The number of benzene rings is 1. The summed E-state index contributed by atoms with van der Waals surface area (Å²) >= 11 is 0. The Bertz CT molecular complexity index is 803. The number of para-hydroxylation sites is 2. The molecule has 0 saturated carbocycles. The molecule has 2 fully saturated rings. The lowest BCUT2D eigenvalue weighted by Gasteiger charge is -2.33. The third-order valence-corrected chi connectivity index (χ3v) is 5.78. The maximum atomic E-state index is 12.7. The third-order valence-electron chi connectivity index (χ3n) is 5.78. The van der Waals surface area contributed by atoms with Crippen LogP contribution in [0.2, 0.25) is 0 Å². The maximum Gasteiger partial charge on any atom is 0.247 e. The van der Waals surface area contributed by atoms with E-state index in [1.165, 1.54) is 4.90 Å². The molecule has 6 heteroatoms. The van der Waals surface area contributed by atoms with Gasteiger partial charge in [-0.3, -0.25) is 19.4 Å². The molecule has 1 aromatic heterocycles. The predicted octanol–water partition coefficient (Wildman–Crippen LogP) is 3.18. The second-order valence-electron chi connectivity index (χ2n) is 8.12. The van der Waals surface area contributed by atoms with Gasteiger partial charge in [-0.1, -0.05) is 26.0 Å². The molecule has 0 bridgehead atoms. The van der Waals surface area contributed by atoms with Crippen LogP contribution >= 0.6 is 0 Å². The van der Waals surface area contributed by atoms with E-state index in [0.717, 1.165) is 49.3 Å². The Morgan fingerprint density at radius 3 is 2.63 bits per heavy atom. The summed E-state index contributed by atoms with van der Waals surface area (Å²) in [5.74, 6) is 1.52. The van der Waals surface area contributed by atoms with Gasteiger partial charge in [0.25, 0.3) is 0 Å². The molecule has 4 rings (SSSR count). The molecule has 3 heterocycles. The number of carbonyl (C=O) groups is 2. The normalized spacial score (nSPS) is 22.5. The standard InChI is InChI=1S/C21H27N3O3/c1-14(2)7-12-24-19(25)13-17(21(24)26)23-10-8-15(9-11-23)20-22-16-5-3-4-6-18(16)27-20/h3-6,14-15,17H,7-13H2,1-2H3/t17-/m1/s1. The van der Waals surface area contributed by atoms with E-state index < -0.39 is 0 Å². The summed E-state index contributed by atoms with van der Waals surface area (Å²) in [6, 6.07) is 7.54. The Morgan fingerprint density at radius 2 is 1.93 bits per heavy atom. The molecule has 0 aliphatic carbocycles. The van der Waals surface area contributed by atoms with Crippen LogP contribution in [-0.4, -0.2) is 52.3 Å². The number of aromatic nitrogens is 1. The maximum absolute atomic E-state index is 12.7. The van der Waals surface area contributed by atoms with Crippen molar-refractivity contribution in [2.45, 2.75) is 51.5 Å². The number of piperidine rings is 1. The van der Waals surface area contributed by atoms with Gasteiger partial charge in [0.2, 0.25) is 11.8 Å². The lowest BCUT2D eigenvalue weighted by Crippen LogP contribution is -2.45. The predicted molar refractivity (Wildman–Crippen MR) is 102 cm³/mol. The Kier molecular flexibility index (Phi) is 5.00. The number of imide groups is 1. The molecular formula is C21H27N3O3. The lowest BCUT2D eigenvalue weighted by atomic mass is 9.95. The first-order chi connectivity index (χ1) is 13.0. The van der Waals surface area contributed by atoms with Crippen LogP contribution in [-0.2, 0) is 9.59 Å². The molecular weight excluding hydrogens is 342 g/mol. The number of fused-ring (bicyclic) bond motifs is 1. The second-order valence-corrected chi connectivity index (χ2v) is 8.12. The molecule has 0 N–H and O–H groups in total. The zero-order valence-electron chi connectivity index (χ0n) is 16.1. The van der Waals surface area contributed by atoms with Crippen LogP contribution < -0.4 is 0 Å². The van der Waals surface area contributed by atoms with E-state index in [9.17, 15) is 9.59 Å². The van der Waals surface area contributed by atoms with Gasteiger partial charge in [0, 0.05) is 12.5 Å². The van der Waals surface area contributed by atoms with Crippen molar-refractivity contribution < 1.29 is 14.0 Å². The Balaban J connectivity index is 1.37. The van der Waals surface area contributed by atoms with Gasteiger partial charge in [-0.05, 0) is 50.4 Å². The van der Waals surface area contributed by atoms with Crippen LogP contribution in [0.15, 0.2) is 28.7 Å². The molecule has 1 atom stereocenters. The van der Waals surface area contributed by atoms with E-state index in [0.29, 0.717) is 18.9 Å². The summed E-state index contributed by atoms with van der Waals surface area (Å²) in [6.07, 6.45) is 2.99. The van der Waals surface area contributed by atoms with E-state index in [1.54, 1.807) is 0 Å². The van der Waals surface area contributed by atoms with Gasteiger partial charge in [-0.15, -0.1) is 0 Å². The lowest BCUT2D eigenvalue weighted by molar-refractivity contribution is -0.140. The van der Waals surface area contributed by atoms with Crippen LogP contribution in [0.4, 0.5) is 0 Å². The minimum Gasteiger partial charge on any atom is -0.440 e. The highest BCUT2D eigenvalue weighted by molar-refractivity contribution is 6.05. The molecule has 2 saturated heterocycles. The largest absolute Gasteiger partial charge is 0.440 e. The first-order valence-corrected chi connectivity index (χ1v) is 9.96. The Labute approximate surface area is 159 Å². The first kappa shape index (κ1) is 18.2. The number of hydrogen-bond donors (Lipinski definition) is 0. The Hall–Kier alpha value is -2.21. The molecule has 2 aliphatic rings. The molecule has 2 aromatic rings. The van der Waals surface area contributed by atoms with Crippen LogP contribution in [0.5, 0.6) is 0 Å². The highest BCUT2D eigenvalue weighted by Gasteiger charge is 2.42. The van der Waals surface area contributed by atoms with Crippen LogP contribution in [0, 0.1) is 5.92 Å². The molecule has 1 aromatic carbocycles. The highest BCUT2D eigenvalue weighted by Crippen LogP contribution is 2.32. The van der Waals surface area contributed by atoms with Crippen molar-refractivity contribution in [2.75, 3.05) is 19.6 Å². The van der Waals surface area contributed by atoms with Gasteiger partial charge in [0.05, 0.1) is 12.5 Å². The summed E-state index contributed by atoms with van der Waals surface area (Å²) in [7, 11) is 0. The van der Waals surface area contributed by atoms with Gasteiger partial charge < -0.3 is 4.42 Å². The average molecular weight is 369 g/mol. The molecule has 2 aliphatic heterocycles. The summed E-state index contributed by atoms with van der Waals surface area (Å²) in [4.78, 5) is 33.3. The molecule has 0 unspecified atom stereocenters. The molecule has 2 amide bonds. The summed E-state index contributed by atoms with van der Waals surface area (Å²) < 4.78 is 5.92. The van der Waals surface area contributed by atoms with Crippen molar-refractivity contribution in [3.05, 3.63) is 30.2 Å². The van der Waals surface area contributed by atoms with Gasteiger partial charge in [-0.2, -0.15) is 0 Å². The van der Waals surface area contributed by atoms with Crippen molar-refractivity contribution in [1.29, 1.82) is 0 Å². The van der Waals surface area contributed by atoms with Crippen molar-refractivity contribution >= 4 is 22.9 Å². The van der Waals surface area contributed by atoms with Crippen molar-refractivity contribution in [1.82, 2.24) is 14.8 Å². The molecule has 27 heavy (non-hydrogen) atoms. The summed E-state index contributed by atoms with van der Waals surface area (Å²) in [5, 5.41) is 0. The monoisotopic (exact) mass is 369 g/mol. The van der Waals surface area contributed by atoms with Gasteiger partial charge in [-0.25, -0.2) is 4.98 Å². The number of amides is 2. The zero-order valence-corrected chi connectivity index (χ0v) is 16.1. The zero-order chi connectivity index (χ0) is 19.0. The van der Waals surface area contributed by atoms with Crippen molar-refractivity contribution in [2.24, 2.45) is 5.92 Å². The smallest absolute Gasteiger partial charge is 0.247 e. The van der Waals surface area contributed by atoms with Gasteiger partial charge in [0.1, 0.15) is 5.52 Å². The summed E-state index contributed by atoms with van der Waals surface area (Å²) in [6.45, 7) is 6.36. The van der Waals surface area contributed by atoms with Crippen molar-refractivity contribution in [3.63, 3.8) is 0 Å². The average Bonchev–Trinajstić information content (AvgIpc) is 3.21. The van der Waals surface area contributed by atoms with Crippen LogP contribution in [0.3, 0.4) is 0 Å². The van der Waals surface area contributed by atoms with Crippen molar-refractivity contribution in [3.8, 4) is 0 Å². The fourth-order valence-corrected chi connectivity index (χ4v) is 4.10. The molecule has 144 valence electrons. The van der Waals surface area contributed by atoms with E-state index in [-0.39, 0.29) is 23.8 Å². The first-order valence-electron chi connectivity index (χ1n) is 9.96. The van der Waals surface area contributed by atoms with Crippen LogP contribution in [0.25, 0.3) is 11.1 Å². The fraction of sp³-hybridized carbons (Fsp3) is 0.571. The molecule has 0 radical (unpaired) electrons. The SMILES string of the molecule is CC(C)CCN1C(=O)C[C@@H](N2CCC(c3nc4ccccc4o3)CC2)C1=O. The fourth-order valence-electron chi connectivity index (χ4n) is 4.10. The summed E-state index contributed by atoms with van der Waals surface area (Å²) in [5.41, 5.74) is 1.72. The molecule has 6 nitrogen and oxygen atoms in total. The Morgan fingerprint density at radius 1 is 1.19 bits per heavy atom. The topological polar surface area (TPSA) is 66.7 Å².